The number of nitrogens with zero attached hydrogens (tertiary/aromatic N) is 3. The smallest absolute Gasteiger partial charge is 0.233 e. The lowest BCUT2D eigenvalue weighted by Crippen LogP contribution is -2.26. The van der Waals surface area contributed by atoms with Gasteiger partial charge in [-0.3, -0.25) is 14.8 Å². The van der Waals surface area contributed by atoms with Crippen LogP contribution in [0.1, 0.15) is 16.8 Å². The van der Waals surface area contributed by atoms with E-state index in [1.54, 1.807) is 42.5 Å². The highest BCUT2D eigenvalue weighted by Crippen LogP contribution is 2.33. The Morgan fingerprint density at radius 1 is 1.16 bits per heavy atom. The van der Waals surface area contributed by atoms with Gasteiger partial charge in [-0.05, 0) is 47.9 Å². The van der Waals surface area contributed by atoms with Gasteiger partial charge in [0.1, 0.15) is 5.82 Å². The summed E-state index contributed by atoms with van der Waals surface area (Å²) in [7, 11) is 0. The maximum Gasteiger partial charge on any atom is 0.233 e. The molecule has 124 valence electrons. The SMILES string of the molecule is Cc1cc(-c2cnc3c(c2)N(Cc2cccnc2)C(=O)C3)ccc1F. The van der Waals surface area contributed by atoms with E-state index in [2.05, 4.69) is 9.97 Å². The third-order valence-electron chi connectivity index (χ3n) is 4.41. The van der Waals surface area contributed by atoms with E-state index in [0.29, 0.717) is 18.5 Å². The molecule has 4 nitrogen and oxygen atoms in total. The minimum Gasteiger partial charge on any atom is -0.306 e. The fourth-order valence-corrected chi connectivity index (χ4v) is 3.05. The van der Waals surface area contributed by atoms with Crippen LogP contribution in [0.15, 0.2) is 55.0 Å². The minimum atomic E-state index is -0.230. The van der Waals surface area contributed by atoms with Crippen molar-refractivity contribution in [3.05, 3.63) is 77.6 Å². The van der Waals surface area contributed by atoms with Crippen LogP contribution in [0.25, 0.3) is 11.1 Å². The molecular formula is C20H16FN3O. The molecule has 0 saturated heterocycles. The summed E-state index contributed by atoms with van der Waals surface area (Å²) in [5.74, 6) is -0.204. The topological polar surface area (TPSA) is 46.1 Å². The molecule has 1 amide bonds. The van der Waals surface area contributed by atoms with Gasteiger partial charge >= 0.3 is 0 Å². The summed E-state index contributed by atoms with van der Waals surface area (Å²) in [5, 5.41) is 0. The van der Waals surface area contributed by atoms with Gasteiger partial charge < -0.3 is 4.90 Å². The van der Waals surface area contributed by atoms with Gasteiger partial charge in [0.25, 0.3) is 0 Å². The number of fused-ring (bicyclic) bond motifs is 1. The highest BCUT2D eigenvalue weighted by Gasteiger charge is 2.29. The lowest BCUT2D eigenvalue weighted by molar-refractivity contribution is -0.117. The Labute approximate surface area is 145 Å². The summed E-state index contributed by atoms with van der Waals surface area (Å²) in [6.07, 6.45) is 5.51. The molecule has 0 N–H and O–H groups in total. The molecule has 3 aromatic rings. The van der Waals surface area contributed by atoms with Crippen molar-refractivity contribution in [2.75, 3.05) is 4.90 Å². The zero-order valence-electron chi connectivity index (χ0n) is 13.7. The van der Waals surface area contributed by atoms with Crippen LogP contribution in [-0.2, 0) is 17.8 Å². The third-order valence-corrected chi connectivity index (χ3v) is 4.41. The Morgan fingerprint density at radius 3 is 2.80 bits per heavy atom. The number of aryl methyl sites for hydroxylation is 1. The monoisotopic (exact) mass is 333 g/mol. The Bertz CT molecular complexity index is 956. The number of halogens is 1. The van der Waals surface area contributed by atoms with Crippen LogP contribution in [0, 0.1) is 12.7 Å². The average molecular weight is 333 g/mol. The Balaban J connectivity index is 1.71. The van der Waals surface area contributed by atoms with Gasteiger partial charge in [0.05, 0.1) is 24.3 Å². The molecule has 4 rings (SSSR count). The van der Waals surface area contributed by atoms with Crippen molar-refractivity contribution in [2.45, 2.75) is 19.9 Å². The minimum absolute atomic E-state index is 0.0267. The van der Waals surface area contributed by atoms with E-state index in [9.17, 15) is 9.18 Å². The third kappa shape index (κ3) is 2.89. The van der Waals surface area contributed by atoms with Gasteiger partial charge in [-0.25, -0.2) is 4.39 Å². The predicted molar refractivity (Wildman–Crippen MR) is 93.5 cm³/mol. The van der Waals surface area contributed by atoms with E-state index in [0.717, 1.165) is 28.1 Å². The zero-order valence-corrected chi connectivity index (χ0v) is 13.7. The first-order valence-electron chi connectivity index (χ1n) is 8.06. The van der Waals surface area contributed by atoms with Crippen LogP contribution in [0.3, 0.4) is 0 Å². The van der Waals surface area contributed by atoms with Crippen LogP contribution in [0.5, 0.6) is 0 Å². The molecule has 2 aromatic heterocycles. The van der Waals surface area contributed by atoms with Crippen LogP contribution >= 0.6 is 0 Å². The zero-order chi connectivity index (χ0) is 17.4. The highest BCUT2D eigenvalue weighted by molar-refractivity contribution is 6.01. The number of amides is 1. The van der Waals surface area contributed by atoms with Crippen LogP contribution in [0.4, 0.5) is 10.1 Å². The predicted octanol–water partition coefficient (Wildman–Crippen LogP) is 3.68. The van der Waals surface area contributed by atoms with Crippen molar-refractivity contribution in [2.24, 2.45) is 0 Å². The standard InChI is InChI=1S/C20H16FN3O/c1-13-7-15(4-5-17(13)21)16-8-19-18(23-11-16)9-20(25)24(19)12-14-3-2-6-22-10-14/h2-8,10-11H,9,12H2,1H3. The van der Waals surface area contributed by atoms with Gasteiger partial charge in [-0.1, -0.05) is 12.1 Å². The Kier molecular flexibility index (Phi) is 3.76. The van der Waals surface area contributed by atoms with E-state index < -0.39 is 0 Å². The number of carbonyl (C=O) groups excluding carboxylic acids is 1. The first kappa shape index (κ1) is 15.4. The van der Waals surface area contributed by atoms with Crippen LogP contribution < -0.4 is 4.90 Å². The molecule has 0 aliphatic carbocycles. The van der Waals surface area contributed by atoms with E-state index in [1.807, 2.05) is 18.2 Å². The number of rotatable bonds is 3. The van der Waals surface area contributed by atoms with E-state index >= 15 is 0 Å². The van der Waals surface area contributed by atoms with Gasteiger partial charge in [0, 0.05) is 24.2 Å². The van der Waals surface area contributed by atoms with Crippen molar-refractivity contribution in [1.82, 2.24) is 9.97 Å². The van der Waals surface area contributed by atoms with E-state index in [4.69, 9.17) is 0 Å². The fraction of sp³-hybridized carbons (Fsp3) is 0.150. The van der Waals surface area contributed by atoms with Gasteiger partial charge in [-0.15, -0.1) is 0 Å². The van der Waals surface area contributed by atoms with E-state index in [1.165, 1.54) is 6.07 Å². The largest absolute Gasteiger partial charge is 0.306 e. The number of carbonyl (C=O) groups is 1. The van der Waals surface area contributed by atoms with Crippen molar-refractivity contribution in [3.63, 3.8) is 0 Å². The van der Waals surface area contributed by atoms with Crippen LogP contribution in [0.2, 0.25) is 0 Å². The number of benzene rings is 1. The molecule has 1 aliphatic heterocycles. The Morgan fingerprint density at radius 2 is 2.04 bits per heavy atom. The molecule has 0 atom stereocenters. The molecule has 0 bridgehead atoms. The normalized spacial score (nSPS) is 13.2. The van der Waals surface area contributed by atoms with Gasteiger partial charge in [0.2, 0.25) is 5.91 Å². The molecule has 5 heteroatoms. The van der Waals surface area contributed by atoms with Crippen molar-refractivity contribution < 1.29 is 9.18 Å². The molecule has 0 unspecified atom stereocenters. The summed E-state index contributed by atoms with van der Waals surface area (Å²) in [5.41, 5.74) is 4.89. The summed E-state index contributed by atoms with van der Waals surface area (Å²) in [6, 6.07) is 10.7. The quantitative estimate of drug-likeness (QED) is 0.734. The van der Waals surface area contributed by atoms with Crippen molar-refractivity contribution >= 4 is 11.6 Å². The molecule has 0 radical (unpaired) electrons. The second-order valence-corrected chi connectivity index (χ2v) is 6.17. The lowest BCUT2D eigenvalue weighted by atomic mass is 10.0. The van der Waals surface area contributed by atoms with Crippen molar-refractivity contribution in [3.8, 4) is 11.1 Å². The first-order valence-corrected chi connectivity index (χ1v) is 8.06. The molecule has 0 spiro atoms. The number of aromatic nitrogens is 2. The fourth-order valence-electron chi connectivity index (χ4n) is 3.05. The van der Waals surface area contributed by atoms with Crippen LogP contribution in [-0.4, -0.2) is 15.9 Å². The maximum atomic E-state index is 13.5. The average Bonchev–Trinajstić information content (AvgIpc) is 2.93. The molecule has 1 aliphatic rings. The van der Waals surface area contributed by atoms with E-state index in [-0.39, 0.29) is 11.7 Å². The summed E-state index contributed by atoms with van der Waals surface area (Å²) >= 11 is 0. The number of pyridine rings is 2. The number of hydrogen-bond donors (Lipinski definition) is 0. The molecule has 25 heavy (non-hydrogen) atoms. The molecule has 0 fully saturated rings. The number of hydrogen-bond acceptors (Lipinski definition) is 3. The molecule has 3 heterocycles. The second kappa shape index (κ2) is 6.09. The van der Waals surface area contributed by atoms with Gasteiger partial charge in [0.15, 0.2) is 0 Å². The lowest BCUT2D eigenvalue weighted by Gasteiger charge is -2.18. The molecular weight excluding hydrogens is 317 g/mol. The van der Waals surface area contributed by atoms with Gasteiger partial charge in [-0.2, -0.15) is 0 Å². The number of anilines is 1. The summed E-state index contributed by atoms with van der Waals surface area (Å²) in [6.45, 7) is 2.20. The first-order chi connectivity index (χ1) is 12.1. The highest BCUT2D eigenvalue weighted by atomic mass is 19.1. The molecule has 1 aromatic carbocycles. The maximum absolute atomic E-state index is 13.5. The summed E-state index contributed by atoms with van der Waals surface area (Å²) < 4.78 is 13.5. The Hall–Kier alpha value is -3.08. The second-order valence-electron chi connectivity index (χ2n) is 6.17. The van der Waals surface area contributed by atoms with Crippen molar-refractivity contribution in [1.29, 1.82) is 0 Å². The molecule has 0 saturated carbocycles. The summed E-state index contributed by atoms with van der Waals surface area (Å²) in [4.78, 5) is 22.7.